The molecule has 0 aliphatic carbocycles. The van der Waals surface area contributed by atoms with Crippen molar-refractivity contribution < 1.29 is 13.2 Å². The Hall–Kier alpha value is -0.820. The molecule has 1 aliphatic rings. The van der Waals surface area contributed by atoms with Crippen LogP contribution in [0, 0.1) is 12.8 Å². The van der Waals surface area contributed by atoms with Gasteiger partial charge in [0, 0.05) is 19.1 Å². The lowest BCUT2D eigenvalue weighted by Gasteiger charge is -2.33. The third-order valence-corrected chi connectivity index (χ3v) is 6.30. The molecule has 1 unspecified atom stereocenters. The average Bonchev–Trinajstić information content (AvgIpc) is 2.46. The minimum absolute atomic E-state index is 0. The zero-order valence-corrected chi connectivity index (χ0v) is 14.9. The molecule has 1 aromatic rings. The first kappa shape index (κ1) is 19.2. The maximum absolute atomic E-state index is 12.7. The number of nitrogens with zero attached hydrogens (tertiary/aromatic N) is 1. The number of hydrogen-bond acceptors (Lipinski definition) is 4. The van der Waals surface area contributed by atoms with Crippen LogP contribution in [0.25, 0.3) is 0 Å². The third-order valence-electron chi connectivity index (χ3n) is 4.24. The summed E-state index contributed by atoms with van der Waals surface area (Å²) in [5.74, 6) is 1.08. The number of sulfonamides is 1. The quantitative estimate of drug-likeness (QED) is 0.905. The van der Waals surface area contributed by atoms with Crippen LogP contribution in [-0.4, -0.2) is 39.0 Å². The predicted octanol–water partition coefficient (Wildman–Crippen LogP) is 2.17. The molecule has 1 saturated heterocycles. The van der Waals surface area contributed by atoms with Crippen LogP contribution in [0.3, 0.4) is 0 Å². The van der Waals surface area contributed by atoms with E-state index in [-0.39, 0.29) is 18.4 Å². The van der Waals surface area contributed by atoms with Crippen molar-refractivity contribution in [3.8, 4) is 5.75 Å². The lowest BCUT2D eigenvalue weighted by atomic mass is 9.92. The van der Waals surface area contributed by atoms with Gasteiger partial charge in [-0.1, -0.05) is 0 Å². The molecule has 0 aromatic heterocycles. The van der Waals surface area contributed by atoms with Crippen molar-refractivity contribution >= 4 is 22.4 Å². The highest BCUT2D eigenvalue weighted by Crippen LogP contribution is 2.28. The van der Waals surface area contributed by atoms with Crippen molar-refractivity contribution in [1.29, 1.82) is 0 Å². The van der Waals surface area contributed by atoms with Gasteiger partial charge in [-0.2, -0.15) is 4.31 Å². The van der Waals surface area contributed by atoms with E-state index in [2.05, 4.69) is 0 Å². The van der Waals surface area contributed by atoms with Crippen molar-refractivity contribution in [3.63, 3.8) is 0 Å². The van der Waals surface area contributed by atoms with Gasteiger partial charge < -0.3 is 10.5 Å². The van der Waals surface area contributed by atoms with E-state index in [1.165, 1.54) is 0 Å². The highest BCUT2D eigenvalue weighted by atomic mass is 35.5. The van der Waals surface area contributed by atoms with Gasteiger partial charge in [-0.15, -0.1) is 12.4 Å². The Morgan fingerprint density at radius 2 is 1.91 bits per heavy atom. The Bertz CT molecular complexity index is 597. The van der Waals surface area contributed by atoms with Crippen LogP contribution in [-0.2, 0) is 10.0 Å². The fourth-order valence-corrected chi connectivity index (χ4v) is 4.49. The van der Waals surface area contributed by atoms with Crippen molar-refractivity contribution in [2.24, 2.45) is 11.7 Å². The second kappa shape index (κ2) is 7.64. The molecule has 126 valence electrons. The topological polar surface area (TPSA) is 72.6 Å². The minimum Gasteiger partial charge on any atom is -0.497 e. The molecule has 22 heavy (non-hydrogen) atoms. The third kappa shape index (κ3) is 3.93. The van der Waals surface area contributed by atoms with Gasteiger partial charge >= 0.3 is 0 Å². The Morgan fingerprint density at radius 1 is 1.32 bits per heavy atom. The number of nitrogens with two attached hydrogens (primary N) is 1. The number of aryl methyl sites for hydroxylation is 1. The Labute approximate surface area is 139 Å². The molecule has 0 radical (unpaired) electrons. The van der Waals surface area contributed by atoms with E-state index in [0.29, 0.717) is 35.2 Å². The van der Waals surface area contributed by atoms with Gasteiger partial charge in [-0.25, -0.2) is 8.42 Å². The van der Waals surface area contributed by atoms with E-state index in [1.54, 1.807) is 36.5 Å². The van der Waals surface area contributed by atoms with Crippen molar-refractivity contribution in [2.75, 3.05) is 20.2 Å². The highest BCUT2D eigenvalue weighted by molar-refractivity contribution is 7.89. The van der Waals surface area contributed by atoms with Crippen LogP contribution in [0.1, 0.15) is 25.3 Å². The first-order valence-electron chi connectivity index (χ1n) is 7.26. The van der Waals surface area contributed by atoms with E-state index in [0.717, 1.165) is 12.8 Å². The van der Waals surface area contributed by atoms with Crippen molar-refractivity contribution in [3.05, 3.63) is 23.8 Å². The second-order valence-electron chi connectivity index (χ2n) is 5.73. The monoisotopic (exact) mass is 348 g/mol. The molecule has 0 spiro atoms. The molecular formula is C15H25ClN2O3S. The van der Waals surface area contributed by atoms with Crippen molar-refractivity contribution in [1.82, 2.24) is 4.31 Å². The predicted molar refractivity (Wildman–Crippen MR) is 90.1 cm³/mol. The molecule has 0 saturated carbocycles. The van der Waals surface area contributed by atoms with Crippen LogP contribution in [0.2, 0.25) is 0 Å². The molecular weight excluding hydrogens is 324 g/mol. The van der Waals surface area contributed by atoms with Gasteiger partial charge in [0.15, 0.2) is 0 Å². The first-order chi connectivity index (χ1) is 9.86. The fourth-order valence-electron chi connectivity index (χ4n) is 2.82. The van der Waals surface area contributed by atoms with E-state index >= 15 is 0 Å². The molecule has 7 heteroatoms. The molecule has 2 rings (SSSR count). The van der Waals surface area contributed by atoms with E-state index in [4.69, 9.17) is 10.5 Å². The molecule has 1 aliphatic heterocycles. The SMILES string of the molecule is COc1ccc(S(=O)(=O)N2CCC(C(C)N)CC2)c(C)c1.Cl. The van der Waals surface area contributed by atoms with E-state index in [9.17, 15) is 8.42 Å². The summed E-state index contributed by atoms with van der Waals surface area (Å²) in [4.78, 5) is 0.363. The number of benzene rings is 1. The Balaban J connectivity index is 0.00000242. The maximum atomic E-state index is 12.7. The molecule has 0 bridgehead atoms. The molecule has 5 nitrogen and oxygen atoms in total. The maximum Gasteiger partial charge on any atom is 0.243 e. The zero-order chi connectivity index (χ0) is 15.6. The molecule has 1 aromatic carbocycles. The number of ether oxygens (including phenoxy) is 1. The highest BCUT2D eigenvalue weighted by Gasteiger charge is 2.31. The van der Waals surface area contributed by atoms with Crippen LogP contribution < -0.4 is 10.5 Å². The lowest BCUT2D eigenvalue weighted by Crippen LogP contribution is -2.42. The van der Waals surface area contributed by atoms with Gasteiger partial charge in [0.1, 0.15) is 5.75 Å². The van der Waals surface area contributed by atoms with Crippen LogP contribution in [0.15, 0.2) is 23.1 Å². The zero-order valence-electron chi connectivity index (χ0n) is 13.3. The Kier molecular flexibility index (Phi) is 6.67. The van der Waals surface area contributed by atoms with Crippen molar-refractivity contribution in [2.45, 2.75) is 37.6 Å². The number of rotatable bonds is 4. The number of hydrogen-bond donors (Lipinski definition) is 1. The Morgan fingerprint density at radius 3 is 2.36 bits per heavy atom. The fraction of sp³-hybridized carbons (Fsp3) is 0.600. The van der Waals surface area contributed by atoms with Crippen LogP contribution in [0.5, 0.6) is 5.75 Å². The number of halogens is 1. The molecule has 1 fully saturated rings. The number of piperidine rings is 1. The second-order valence-corrected chi connectivity index (χ2v) is 7.64. The molecule has 1 atom stereocenters. The van der Waals surface area contributed by atoms with Gasteiger partial charge in [-0.3, -0.25) is 0 Å². The first-order valence-corrected chi connectivity index (χ1v) is 8.70. The summed E-state index contributed by atoms with van der Waals surface area (Å²) in [6, 6.07) is 5.19. The molecule has 1 heterocycles. The van der Waals surface area contributed by atoms with Gasteiger partial charge in [0.2, 0.25) is 10.0 Å². The summed E-state index contributed by atoms with van der Waals surface area (Å²) in [6.07, 6.45) is 1.65. The summed E-state index contributed by atoms with van der Waals surface area (Å²) in [6.45, 7) is 4.87. The number of methoxy groups -OCH3 is 1. The summed E-state index contributed by atoms with van der Waals surface area (Å²) in [7, 11) is -1.86. The smallest absolute Gasteiger partial charge is 0.243 e. The summed E-state index contributed by atoms with van der Waals surface area (Å²) in [5, 5.41) is 0. The van der Waals surface area contributed by atoms with E-state index in [1.807, 2.05) is 6.92 Å². The normalized spacial score (nSPS) is 18.5. The van der Waals surface area contributed by atoms with Gasteiger partial charge in [0.25, 0.3) is 0 Å². The van der Waals surface area contributed by atoms with Crippen LogP contribution in [0.4, 0.5) is 0 Å². The lowest BCUT2D eigenvalue weighted by molar-refractivity contribution is 0.250. The summed E-state index contributed by atoms with van der Waals surface area (Å²) in [5.41, 5.74) is 6.62. The minimum atomic E-state index is -3.43. The summed E-state index contributed by atoms with van der Waals surface area (Å²) >= 11 is 0. The van der Waals surface area contributed by atoms with Crippen LogP contribution >= 0.6 is 12.4 Å². The van der Waals surface area contributed by atoms with E-state index < -0.39 is 10.0 Å². The molecule has 2 N–H and O–H groups in total. The largest absolute Gasteiger partial charge is 0.497 e. The average molecular weight is 349 g/mol. The standard InChI is InChI=1S/C15H24N2O3S.ClH/c1-11-10-14(20-3)4-5-15(11)21(18,19)17-8-6-13(7-9-17)12(2)16;/h4-5,10,12-13H,6-9,16H2,1-3H3;1H. The molecule has 0 amide bonds. The van der Waals surface area contributed by atoms with Gasteiger partial charge in [0.05, 0.1) is 12.0 Å². The summed E-state index contributed by atoms with van der Waals surface area (Å²) < 4.78 is 32.2. The van der Waals surface area contributed by atoms with Gasteiger partial charge in [-0.05, 0) is 56.4 Å².